The first-order valence-electron chi connectivity index (χ1n) is 5.56. The van der Waals surface area contributed by atoms with Crippen molar-refractivity contribution in [1.82, 2.24) is 9.78 Å². The van der Waals surface area contributed by atoms with Crippen molar-refractivity contribution in [2.45, 2.75) is 26.0 Å². The second-order valence-electron chi connectivity index (χ2n) is 4.27. The Morgan fingerprint density at radius 1 is 1.29 bits per heavy atom. The zero-order chi connectivity index (χ0) is 12.4. The number of rotatable bonds is 3. The van der Waals surface area contributed by atoms with Gasteiger partial charge in [0.2, 0.25) is 0 Å². The van der Waals surface area contributed by atoms with Gasteiger partial charge in [-0.15, -0.1) is 0 Å². The van der Waals surface area contributed by atoms with E-state index < -0.39 is 11.9 Å². The van der Waals surface area contributed by atoms with Gasteiger partial charge in [-0.05, 0) is 19.9 Å². The Bertz CT molecular complexity index is 508. The number of hydrogen-bond donors (Lipinski definition) is 1. The monoisotopic (exact) mass is 234 g/mol. The fraction of sp³-hybridized carbons (Fsp3) is 0.308. The molecule has 0 saturated heterocycles. The van der Waals surface area contributed by atoms with E-state index >= 15 is 0 Å². The van der Waals surface area contributed by atoms with Gasteiger partial charge in [-0.1, -0.05) is 18.2 Å². The van der Waals surface area contributed by atoms with Crippen molar-refractivity contribution in [3.63, 3.8) is 0 Å². The van der Waals surface area contributed by atoms with Crippen LogP contribution >= 0.6 is 0 Å². The van der Waals surface area contributed by atoms with Crippen LogP contribution in [0.25, 0.3) is 0 Å². The molecule has 1 atom stereocenters. The molecule has 1 unspecified atom stereocenters. The molecule has 0 spiro atoms. The minimum absolute atomic E-state index is 0.219. The summed E-state index contributed by atoms with van der Waals surface area (Å²) in [6.07, 6.45) is 2.34. The molecule has 0 aliphatic rings. The van der Waals surface area contributed by atoms with Gasteiger partial charge in [-0.25, -0.2) is 4.39 Å². The maximum Gasteiger partial charge on any atom is 0.129 e. The zero-order valence-electron chi connectivity index (χ0n) is 9.84. The zero-order valence-corrected chi connectivity index (χ0v) is 9.84. The fourth-order valence-corrected chi connectivity index (χ4v) is 1.65. The first kappa shape index (κ1) is 11.8. The molecule has 2 aromatic rings. The molecule has 3 nitrogen and oxygen atoms in total. The summed E-state index contributed by atoms with van der Waals surface area (Å²) in [6.45, 7) is 3.98. The second kappa shape index (κ2) is 4.67. The highest BCUT2D eigenvalue weighted by Gasteiger charge is 2.16. The Labute approximate surface area is 99.5 Å². The lowest BCUT2D eigenvalue weighted by Gasteiger charge is -2.09. The van der Waals surface area contributed by atoms with Crippen LogP contribution in [0.5, 0.6) is 0 Å². The molecule has 0 fully saturated rings. The molecule has 0 amide bonds. The van der Waals surface area contributed by atoms with Crippen molar-refractivity contribution in [2.75, 3.05) is 0 Å². The number of aliphatic hydroxyl groups is 1. The largest absolute Gasteiger partial charge is 0.383 e. The standard InChI is InChI=1S/C13H15FN2O/c1-9(2)16-8-10(7-15-16)13(17)11-5-3-4-6-12(11)14/h3-9,13,17H,1-2H3. The Hall–Kier alpha value is -1.68. The third-order valence-electron chi connectivity index (χ3n) is 2.67. The first-order chi connectivity index (χ1) is 8.09. The van der Waals surface area contributed by atoms with Crippen molar-refractivity contribution < 1.29 is 9.50 Å². The highest BCUT2D eigenvalue weighted by molar-refractivity contribution is 5.28. The highest BCUT2D eigenvalue weighted by atomic mass is 19.1. The van der Waals surface area contributed by atoms with Gasteiger partial charge in [-0.2, -0.15) is 5.10 Å². The summed E-state index contributed by atoms with van der Waals surface area (Å²) in [4.78, 5) is 0. The Kier molecular flexibility index (Phi) is 3.24. The van der Waals surface area contributed by atoms with Crippen LogP contribution in [0.4, 0.5) is 4.39 Å². The maximum atomic E-state index is 13.5. The van der Waals surface area contributed by atoms with Crippen LogP contribution in [0.3, 0.4) is 0 Å². The van der Waals surface area contributed by atoms with E-state index in [2.05, 4.69) is 5.10 Å². The molecule has 0 aliphatic heterocycles. The van der Waals surface area contributed by atoms with E-state index in [1.807, 2.05) is 13.8 Å². The number of nitrogens with zero attached hydrogens (tertiary/aromatic N) is 2. The van der Waals surface area contributed by atoms with E-state index in [9.17, 15) is 9.50 Å². The molecule has 1 heterocycles. The average molecular weight is 234 g/mol. The molecule has 0 saturated carbocycles. The molecule has 1 aromatic carbocycles. The lowest BCUT2D eigenvalue weighted by molar-refractivity contribution is 0.215. The molecule has 2 rings (SSSR count). The van der Waals surface area contributed by atoms with Crippen LogP contribution in [-0.4, -0.2) is 14.9 Å². The number of benzene rings is 1. The van der Waals surface area contributed by atoms with Crippen molar-refractivity contribution in [3.8, 4) is 0 Å². The SMILES string of the molecule is CC(C)n1cc(C(O)c2ccccc2F)cn1. The van der Waals surface area contributed by atoms with Gasteiger partial charge < -0.3 is 5.11 Å². The minimum Gasteiger partial charge on any atom is -0.383 e. The number of aliphatic hydroxyl groups excluding tert-OH is 1. The van der Waals surface area contributed by atoms with E-state index in [-0.39, 0.29) is 11.6 Å². The lowest BCUT2D eigenvalue weighted by Crippen LogP contribution is -2.02. The van der Waals surface area contributed by atoms with Crippen LogP contribution in [-0.2, 0) is 0 Å². The van der Waals surface area contributed by atoms with Gasteiger partial charge >= 0.3 is 0 Å². The Balaban J connectivity index is 2.31. The van der Waals surface area contributed by atoms with Gasteiger partial charge in [0.15, 0.2) is 0 Å². The summed E-state index contributed by atoms with van der Waals surface area (Å²) >= 11 is 0. The molecule has 1 N–H and O–H groups in total. The third kappa shape index (κ3) is 2.36. The topological polar surface area (TPSA) is 38.0 Å². The van der Waals surface area contributed by atoms with Gasteiger partial charge in [0, 0.05) is 23.4 Å². The van der Waals surface area contributed by atoms with Gasteiger partial charge in [-0.3, -0.25) is 4.68 Å². The summed E-state index contributed by atoms with van der Waals surface area (Å²) < 4.78 is 15.2. The number of hydrogen-bond acceptors (Lipinski definition) is 2. The minimum atomic E-state index is -0.969. The molecule has 0 bridgehead atoms. The molecule has 1 aromatic heterocycles. The van der Waals surface area contributed by atoms with Crippen molar-refractivity contribution in [3.05, 3.63) is 53.6 Å². The van der Waals surface area contributed by atoms with Gasteiger partial charge in [0.25, 0.3) is 0 Å². The van der Waals surface area contributed by atoms with Crippen LogP contribution in [0.15, 0.2) is 36.7 Å². The van der Waals surface area contributed by atoms with Crippen molar-refractivity contribution in [1.29, 1.82) is 0 Å². The quantitative estimate of drug-likeness (QED) is 0.886. The summed E-state index contributed by atoms with van der Waals surface area (Å²) in [5.74, 6) is -0.405. The van der Waals surface area contributed by atoms with E-state index in [4.69, 9.17) is 0 Å². The maximum absolute atomic E-state index is 13.5. The molecule has 17 heavy (non-hydrogen) atoms. The van der Waals surface area contributed by atoms with Crippen LogP contribution < -0.4 is 0 Å². The normalized spacial score (nSPS) is 13.0. The van der Waals surface area contributed by atoms with Crippen LogP contribution in [0.1, 0.15) is 37.1 Å². The fourth-order valence-electron chi connectivity index (χ4n) is 1.65. The molecular weight excluding hydrogens is 219 g/mol. The number of halogens is 1. The van der Waals surface area contributed by atoms with Crippen LogP contribution in [0, 0.1) is 5.82 Å². The van der Waals surface area contributed by atoms with E-state index in [0.29, 0.717) is 5.56 Å². The van der Waals surface area contributed by atoms with E-state index in [1.54, 1.807) is 35.3 Å². The van der Waals surface area contributed by atoms with Crippen molar-refractivity contribution >= 4 is 0 Å². The molecule has 0 aliphatic carbocycles. The Morgan fingerprint density at radius 3 is 2.59 bits per heavy atom. The van der Waals surface area contributed by atoms with Crippen LogP contribution in [0.2, 0.25) is 0 Å². The summed E-state index contributed by atoms with van der Waals surface area (Å²) in [5.41, 5.74) is 0.875. The molecule has 4 heteroatoms. The summed E-state index contributed by atoms with van der Waals surface area (Å²) in [6, 6.07) is 6.44. The van der Waals surface area contributed by atoms with Crippen molar-refractivity contribution in [2.24, 2.45) is 0 Å². The predicted octanol–water partition coefficient (Wildman–Crippen LogP) is 2.68. The summed E-state index contributed by atoms with van der Waals surface area (Å²) in [5, 5.41) is 14.2. The lowest BCUT2D eigenvalue weighted by atomic mass is 10.0. The average Bonchev–Trinajstić information content (AvgIpc) is 2.78. The predicted molar refractivity (Wildman–Crippen MR) is 63.1 cm³/mol. The molecule has 0 radical (unpaired) electrons. The smallest absolute Gasteiger partial charge is 0.129 e. The highest BCUT2D eigenvalue weighted by Crippen LogP contribution is 2.24. The summed E-state index contributed by atoms with van der Waals surface area (Å²) in [7, 11) is 0. The molecular formula is C13H15FN2O. The second-order valence-corrected chi connectivity index (χ2v) is 4.27. The van der Waals surface area contributed by atoms with E-state index in [1.165, 1.54) is 6.07 Å². The van der Waals surface area contributed by atoms with Gasteiger partial charge in [0.1, 0.15) is 11.9 Å². The third-order valence-corrected chi connectivity index (χ3v) is 2.67. The van der Waals surface area contributed by atoms with E-state index in [0.717, 1.165) is 0 Å². The first-order valence-corrected chi connectivity index (χ1v) is 5.56. The molecule has 90 valence electrons. The number of aromatic nitrogens is 2. The van der Waals surface area contributed by atoms with Gasteiger partial charge in [0.05, 0.1) is 6.20 Å². The Morgan fingerprint density at radius 2 is 2.00 bits per heavy atom.